The topological polar surface area (TPSA) is 84.1 Å². The first-order valence-electron chi connectivity index (χ1n) is 8.51. The Labute approximate surface area is 174 Å². The molecule has 28 heavy (non-hydrogen) atoms. The first-order valence-corrected chi connectivity index (χ1v) is 10.2. The summed E-state index contributed by atoms with van der Waals surface area (Å²) in [5.41, 5.74) is 0.910. The maximum Gasteiger partial charge on any atom is 0.251 e. The van der Waals surface area contributed by atoms with E-state index in [-0.39, 0.29) is 18.1 Å². The molecule has 2 aromatic carbocycles. The van der Waals surface area contributed by atoms with E-state index in [0.29, 0.717) is 22.3 Å². The summed E-state index contributed by atoms with van der Waals surface area (Å²) in [4.78, 5) is 31.4. The van der Waals surface area contributed by atoms with Crippen molar-refractivity contribution < 1.29 is 9.53 Å². The van der Waals surface area contributed by atoms with Gasteiger partial charge in [0.2, 0.25) is 5.91 Å². The number of hydrogen-bond donors (Lipinski definition) is 2. The van der Waals surface area contributed by atoms with Crippen LogP contribution in [0.1, 0.15) is 12.6 Å². The van der Waals surface area contributed by atoms with Gasteiger partial charge in [-0.2, -0.15) is 0 Å². The quantitative estimate of drug-likeness (QED) is 0.407. The second-order valence-corrected chi connectivity index (χ2v) is 8.15. The van der Waals surface area contributed by atoms with Crippen LogP contribution in [0.2, 0.25) is 0 Å². The summed E-state index contributed by atoms with van der Waals surface area (Å²) < 4.78 is 6.57. The Morgan fingerprint density at radius 3 is 2.64 bits per heavy atom. The first-order chi connectivity index (χ1) is 13.5. The van der Waals surface area contributed by atoms with Crippen molar-refractivity contribution >= 4 is 39.3 Å². The van der Waals surface area contributed by atoms with E-state index in [1.807, 2.05) is 42.5 Å². The van der Waals surface area contributed by atoms with E-state index in [9.17, 15) is 9.59 Å². The van der Waals surface area contributed by atoms with Gasteiger partial charge in [0.25, 0.3) is 5.56 Å². The van der Waals surface area contributed by atoms with E-state index in [4.69, 9.17) is 4.74 Å². The molecule has 0 spiro atoms. The Morgan fingerprint density at radius 1 is 1.21 bits per heavy atom. The van der Waals surface area contributed by atoms with Gasteiger partial charge in [0.05, 0.1) is 10.9 Å². The van der Waals surface area contributed by atoms with Crippen LogP contribution >= 0.6 is 27.7 Å². The predicted octanol–water partition coefficient (Wildman–Crippen LogP) is 4.23. The zero-order valence-electron chi connectivity index (χ0n) is 15.0. The highest BCUT2D eigenvalue weighted by Gasteiger charge is 2.16. The highest BCUT2D eigenvalue weighted by atomic mass is 79.9. The predicted molar refractivity (Wildman–Crippen MR) is 114 cm³/mol. The Bertz CT molecular complexity index is 994. The Morgan fingerprint density at radius 2 is 1.93 bits per heavy atom. The first kappa shape index (κ1) is 20.2. The molecule has 1 atom stereocenters. The number of aromatic amines is 1. The van der Waals surface area contributed by atoms with E-state index >= 15 is 0 Å². The largest absolute Gasteiger partial charge is 0.487 e. The monoisotopic (exact) mass is 459 g/mol. The lowest BCUT2D eigenvalue weighted by Gasteiger charge is -2.12. The normalized spacial score (nSPS) is 11.6. The van der Waals surface area contributed by atoms with Gasteiger partial charge in [0.15, 0.2) is 5.16 Å². The van der Waals surface area contributed by atoms with Crippen molar-refractivity contribution in [3.8, 4) is 5.75 Å². The summed E-state index contributed by atoms with van der Waals surface area (Å²) >= 11 is 4.54. The van der Waals surface area contributed by atoms with Crippen LogP contribution in [-0.2, 0) is 11.4 Å². The molecule has 0 saturated carbocycles. The average Bonchev–Trinajstić information content (AvgIpc) is 2.68. The molecular weight excluding hydrogens is 442 g/mol. The third-order valence-corrected chi connectivity index (χ3v) is 5.19. The molecule has 0 bridgehead atoms. The fraction of sp³-hybridized carbons (Fsp3) is 0.150. The van der Waals surface area contributed by atoms with E-state index in [1.54, 1.807) is 19.1 Å². The van der Waals surface area contributed by atoms with Gasteiger partial charge in [-0.3, -0.25) is 9.59 Å². The molecular formula is C20H18BrN3O3S. The number of carbonyl (C=O) groups excluding carboxylic acids is 1. The van der Waals surface area contributed by atoms with Crippen molar-refractivity contribution in [3.05, 3.63) is 81.2 Å². The number of halogens is 1. The van der Waals surface area contributed by atoms with E-state index in [0.717, 1.165) is 4.47 Å². The highest BCUT2D eigenvalue weighted by molar-refractivity contribution is 9.10. The molecule has 6 nitrogen and oxygen atoms in total. The molecule has 8 heteroatoms. The van der Waals surface area contributed by atoms with Crippen LogP contribution in [0.15, 0.2) is 75.1 Å². The van der Waals surface area contributed by atoms with Gasteiger partial charge in [0.1, 0.15) is 12.4 Å². The summed E-state index contributed by atoms with van der Waals surface area (Å²) in [6.45, 7) is 1.92. The third-order valence-electron chi connectivity index (χ3n) is 3.67. The number of para-hydroxylation sites is 1. The smallest absolute Gasteiger partial charge is 0.251 e. The fourth-order valence-electron chi connectivity index (χ4n) is 2.29. The van der Waals surface area contributed by atoms with Gasteiger partial charge >= 0.3 is 0 Å². The standard InChI is InChI=1S/C20H18BrN3O3S/c1-13(19(26)22-15-9-7-14(21)8-10-15)28-20-23-16(11-18(25)24-20)12-27-17-5-3-2-4-6-17/h2-11,13H,12H2,1H3,(H,22,26)(H,23,24,25). The third kappa shape index (κ3) is 5.97. The van der Waals surface area contributed by atoms with Crippen LogP contribution in [0.4, 0.5) is 5.69 Å². The van der Waals surface area contributed by atoms with Crippen LogP contribution in [0.3, 0.4) is 0 Å². The molecule has 0 aliphatic carbocycles. The second kappa shape index (κ2) is 9.57. The van der Waals surface area contributed by atoms with Crippen LogP contribution in [-0.4, -0.2) is 21.1 Å². The number of benzene rings is 2. The molecule has 1 unspecified atom stereocenters. The minimum Gasteiger partial charge on any atom is -0.487 e. The highest BCUT2D eigenvalue weighted by Crippen LogP contribution is 2.21. The number of anilines is 1. The van der Waals surface area contributed by atoms with E-state index in [2.05, 4.69) is 31.2 Å². The zero-order valence-corrected chi connectivity index (χ0v) is 17.4. The maximum atomic E-state index is 12.4. The van der Waals surface area contributed by atoms with Crippen molar-refractivity contribution in [1.82, 2.24) is 9.97 Å². The lowest BCUT2D eigenvalue weighted by molar-refractivity contribution is -0.115. The molecule has 1 aromatic heterocycles. The Hall–Kier alpha value is -2.58. The lowest BCUT2D eigenvalue weighted by atomic mass is 10.3. The zero-order chi connectivity index (χ0) is 19.9. The number of ether oxygens (including phenoxy) is 1. The minimum absolute atomic E-state index is 0.168. The van der Waals surface area contributed by atoms with Gasteiger partial charge in [-0.15, -0.1) is 0 Å². The molecule has 3 aromatic rings. The molecule has 0 aliphatic rings. The summed E-state index contributed by atoms with van der Waals surface area (Å²) in [5, 5.41) is 2.77. The van der Waals surface area contributed by atoms with Crippen LogP contribution in [0, 0.1) is 0 Å². The molecule has 0 aliphatic heterocycles. The SMILES string of the molecule is CC(Sc1nc(COc2ccccc2)cc(=O)[nH]1)C(=O)Nc1ccc(Br)cc1. The van der Waals surface area contributed by atoms with Gasteiger partial charge in [-0.1, -0.05) is 45.9 Å². The summed E-state index contributed by atoms with van der Waals surface area (Å²) in [6, 6.07) is 18.0. The molecule has 0 fully saturated rings. The Kier molecular flexibility index (Phi) is 6.89. The molecule has 3 rings (SSSR count). The molecule has 0 saturated heterocycles. The minimum atomic E-state index is -0.447. The van der Waals surface area contributed by atoms with Gasteiger partial charge < -0.3 is 15.0 Å². The number of H-pyrrole nitrogens is 1. The number of nitrogens with one attached hydrogen (secondary N) is 2. The Balaban J connectivity index is 1.62. The average molecular weight is 460 g/mol. The molecule has 1 amide bonds. The number of amides is 1. The number of carbonyl (C=O) groups is 1. The van der Waals surface area contributed by atoms with Gasteiger partial charge in [0, 0.05) is 16.2 Å². The van der Waals surface area contributed by atoms with E-state index < -0.39 is 5.25 Å². The van der Waals surface area contributed by atoms with Crippen LogP contribution in [0.25, 0.3) is 0 Å². The molecule has 1 heterocycles. The summed E-state index contributed by atoms with van der Waals surface area (Å²) in [7, 11) is 0. The number of rotatable bonds is 7. The van der Waals surface area contributed by atoms with Crippen molar-refractivity contribution in [2.75, 3.05) is 5.32 Å². The number of thioether (sulfide) groups is 1. The number of aromatic nitrogens is 2. The fourth-order valence-corrected chi connectivity index (χ4v) is 3.38. The van der Waals surface area contributed by atoms with Crippen LogP contribution < -0.4 is 15.6 Å². The van der Waals surface area contributed by atoms with Gasteiger partial charge in [-0.05, 0) is 43.3 Å². The van der Waals surface area contributed by atoms with Gasteiger partial charge in [-0.25, -0.2) is 4.98 Å². The van der Waals surface area contributed by atoms with Crippen LogP contribution in [0.5, 0.6) is 5.75 Å². The number of hydrogen-bond acceptors (Lipinski definition) is 5. The van der Waals surface area contributed by atoms with Crippen molar-refractivity contribution in [1.29, 1.82) is 0 Å². The summed E-state index contributed by atoms with van der Waals surface area (Å²) in [5.74, 6) is 0.516. The van der Waals surface area contributed by atoms with E-state index in [1.165, 1.54) is 17.8 Å². The summed E-state index contributed by atoms with van der Waals surface area (Å²) in [6.07, 6.45) is 0. The van der Waals surface area contributed by atoms with Crippen molar-refractivity contribution in [3.63, 3.8) is 0 Å². The molecule has 144 valence electrons. The maximum absolute atomic E-state index is 12.4. The molecule has 0 radical (unpaired) electrons. The van der Waals surface area contributed by atoms with Crippen molar-refractivity contribution in [2.24, 2.45) is 0 Å². The second-order valence-electron chi connectivity index (χ2n) is 5.90. The van der Waals surface area contributed by atoms with Crippen molar-refractivity contribution in [2.45, 2.75) is 23.9 Å². The number of nitrogens with zero attached hydrogens (tertiary/aromatic N) is 1. The lowest BCUT2D eigenvalue weighted by Crippen LogP contribution is -2.23. The molecule has 2 N–H and O–H groups in total.